The number of rotatable bonds is 6. The van der Waals surface area contributed by atoms with Crippen molar-refractivity contribution in [2.75, 3.05) is 40.3 Å². The van der Waals surface area contributed by atoms with E-state index in [-0.39, 0.29) is 0 Å². The van der Waals surface area contributed by atoms with Gasteiger partial charge in [-0.1, -0.05) is 48.0 Å². The zero-order valence-electron chi connectivity index (χ0n) is 17.9. The highest BCUT2D eigenvalue weighted by Gasteiger charge is 2.29. The molecule has 2 N–H and O–H groups in total. The van der Waals surface area contributed by atoms with Crippen LogP contribution in [0.15, 0.2) is 58.4 Å². The Morgan fingerprint density at radius 1 is 0.967 bits per heavy atom. The van der Waals surface area contributed by atoms with Crippen LogP contribution in [0, 0.1) is 6.92 Å². The van der Waals surface area contributed by atoms with Crippen molar-refractivity contribution in [2.24, 2.45) is 4.99 Å². The molecular weight excluding hydrogens is 398 g/mol. The maximum Gasteiger partial charge on any atom is 0.243 e. The minimum Gasteiger partial charge on any atom is -0.352 e. The monoisotopic (exact) mass is 429 g/mol. The van der Waals surface area contributed by atoms with Crippen LogP contribution in [-0.4, -0.2) is 63.9 Å². The number of nitrogens with zero attached hydrogens (tertiary/aromatic N) is 3. The lowest BCUT2D eigenvalue weighted by Crippen LogP contribution is -2.47. The molecule has 0 atom stereocenters. The highest BCUT2D eigenvalue weighted by Crippen LogP contribution is 2.21. The quantitative estimate of drug-likeness (QED) is 0.541. The van der Waals surface area contributed by atoms with E-state index in [1.807, 2.05) is 19.2 Å². The van der Waals surface area contributed by atoms with E-state index < -0.39 is 10.0 Å². The van der Waals surface area contributed by atoms with E-state index in [1.54, 1.807) is 23.5 Å². The molecule has 1 fully saturated rings. The summed E-state index contributed by atoms with van der Waals surface area (Å²) in [5, 5.41) is 6.51. The van der Waals surface area contributed by atoms with E-state index in [0.717, 1.165) is 24.2 Å². The summed E-state index contributed by atoms with van der Waals surface area (Å²) in [6.45, 7) is 5.59. The minimum atomic E-state index is -3.52. The molecule has 1 saturated heterocycles. The van der Waals surface area contributed by atoms with Gasteiger partial charge in [0.2, 0.25) is 10.0 Å². The highest BCUT2D eigenvalue weighted by molar-refractivity contribution is 7.89. The van der Waals surface area contributed by atoms with Gasteiger partial charge in [-0.15, -0.1) is 0 Å². The molecule has 0 saturated carbocycles. The molecule has 0 aliphatic carbocycles. The van der Waals surface area contributed by atoms with Crippen molar-refractivity contribution in [1.29, 1.82) is 0 Å². The first kappa shape index (κ1) is 22.3. The lowest BCUT2D eigenvalue weighted by atomic mass is 10.1. The van der Waals surface area contributed by atoms with Crippen LogP contribution in [0.3, 0.4) is 0 Å². The van der Waals surface area contributed by atoms with Crippen molar-refractivity contribution in [3.8, 4) is 0 Å². The van der Waals surface area contributed by atoms with Gasteiger partial charge in [0.05, 0.1) is 4.90 Å². The van der Waals surface area contributed by atoms with E-state index in [4.69, 9.17) is 0 Å². The van der Waals surface area contributed by atoms with E-state index >= 15 is 0 Å². The summed E-state index contributed by atoms with van der Waals surface area (Å²) >= 11 is 0. The van der Waals surface area contributed by atoms with Gasteiger partial charge in [-0.3, -0.25) is 4.99 Å². The summed E-state index contributed by atoms with van der Waals surface area (Å²) in [4.78, 5) is 6.75. The molecule has 8 heteroatoms. The van der Waals surface area contributed by atoms with Crippen molar-refractivity contribution in [3.05, 3.63) is 65.2 Å². The van der Waals surface area contributed by atoms with Crippen LogP contribution < -0.4 is 10.6 Å². The average molecular weight is 430 g/mol. The molecule has 0 amide bonds. The topological polar surface area (TPSA) is 77.0 Å². The molecule has 162 valence electrons. The number of benzene rings is 2. The zero-order valence-corrected chi connectivity index (χ0v) is 18.7. The average Bonchev–Trinajstić information content (AvgIpc) is 2.75. The predicted octanol–water partition coefficient (Wildman–Crippen LogP) is 1.80. The Labute approximate surface area is 179 Å². The predicted molar refractivity (Wildman–Crippen MR) is 121 cm³/mol. The number of aliphatic imine (C=N–C) groups is 1. The molecule has 1 heterocycles. The Kier molecular flexibility index (Phi) is 7.47. The SMILES string of the molecule is CN=C(NCc1ccc(C)cc1)NCc1ccccc1S(=O)(=O)N1CCN(C)CC1. The number of hydrogen-bond acceptors (Lipinski definition) is 4. The van der Waals surface area contributed by atoms with Crippen LogP contribution in [0.25, 0.3) is 0 Å². The van der Waals surface area contributed by atoms with Crippen molar-refractivity contribution in [1.82, 2.24) is 19.8 Å². The fourth-order valence-electron chi connectivity index (χ4n) is 3.36. The van der Waals surface area contributed by atoms with Crippen LogP contribution in [0.2, 0.25) is 0 Å². The van der Waals surface area contributed by atoms with Gasteiger partial charge < -0.3 is 15.5 Å². The van der Waals surface area contributed by atoms with Crippen LogP contribution in [0.4, 0.5) is 0 Å². The van der Waals surface area contributed by atoms with E-state index in [1.165, 1.54) is 5.56 Å². The number of guanidine groups is 1. The maximum absolute atomic E-state index is 13.2. The summed E-state index contributed by atoms with van der Waals surface area (Å²) in [6.07, 6.45) is 0. The second-order valence-electron chi connectivity index (χ2n) is 7.58. The smallest absolute Gasteiger partial charge is 0.243 e. The van der Waals surface area contributed by atoms with Gasteiger partial charge in [-0.25, -0.2) is 8.42 Å². The Bertz CT molecular complexity index is 965. The molecular formula is C22H31N5O2S. The molecule has 2 aromatic rings. The first-order chi connectivity index (χ1) is 14.4. The molecule has 0 aromatic heterocycles. The van der Waals surface area contributed by atoms with Gasteiger partial charge in [0.15, 0.2) is 5.96 Å². The lowest BCUT2D eigenvalue weighted by molar-refractivity contribution is 0.222. The first-order valence-corrected chi connectivity index (χ1v) is 11.6. The molecule has 2 aromatic carbocycles. The largest absolute Gasteiger partial charge is 0.352 e. The third-order valence-corrected chi connectivity index (χ3v) is 7.30. The number of aryl methyl sites for hydroxylation is 1. The summed E-state index contributed by atoms with van der Waals surface area (Å²) in [6, 6.07) is 15.5. The fraction of sp³-hybridized carbons (Fsp3) is 0.409. The molecule has 0 unspecified atom stereocenters. The lowest BCUT2D eigenvalue weighted by Gasteiger charge is -2.32. The number of likely N-dealkylation sites (N-methyl/N-ethyl adjacent to an activating group) is 1. The zero-order chi connectivity index (χ0) is 21.6. The summed E-state index contributed by atoms with van der Waals surface area (Å²) < 4.78 is 28.0. The number of piperazine rings is 1. The Morgan fingerprint density at radius 2 is 1.60 bits per heavy atom. The number of nitrogens with one attached hydrogen (secondary N) is 2. The van der Waals surface area contributed by atoms with Crippen LogP contribution >= 0.6 is 0 Å². The molecule has 1 aliphatic heterocycles. The highest BCUT2D eigenvalue weighted by atomic mass is 32.2. The van der Waals surface area contributed by atoms with E-state index in [2.05, 4.69) is 51.7 Å². The first-order valence-electron chi connectivity index (χ1n) is 10.2. The Balaban J connectivity index is 1.66. The molecule has 30 heavy (non-hydrogen) atoms. The fourth-order valence-corrected chi connectivity index (χ4v) is 5.00. The van der Waals surface area contributed by atoms with Gasteiger partial charge in [0.1, 0.15) is 0 Å². The molecule has 7 nitrogen and oxygen atoms in total. The van der Waals surface area contributed by atoms with Crippen LogP contribution in [-0.2, 0) is 23.1 Å². The molecule has 3 rings (SSSR count). The van der Waals surface area contributed by atoms with Crippen molar-refractivity contribution < 1.29 is 8.42 Å². The van der Waals surface area contributed by atoms with Gasteiger partial charge in [0.25, 0.3) is 0 Å². The summed E-state index contributed by atoms with van der Waals surface area (Å²) in [5.41, 5.74) is 3.11. The van der Waals surface area contributed by atoms with Gasteiger partial charge in [-0.2, -0.15) is 4.31 Å². The molecule has 1 aliphatic rings. The third kappa shape index (κ3) is 5.59. The van der Waals surface area contributed by atoms with Gasteiger partial charge in [0, 0.05) is 46.3 Å². The second kappa shape index (κ2) is 10.1. The van der Waals surface area contributed by atoms with E-state index in [0.29, 0.717) is 37.0 Å². The third-order valence-electron chi connectivity index (χ3n) is 5.30. The van der Waals surface area contributed by atoms with E-state index in [9.17, 15) is 8.42 Å². The number of hydrogen-bond donors (Lipinski definition) is 2. The van der Waals surface area contributed by atoms with Crippen molar-refractivity contribution >= 4 is 16.0 Å². The summed E-state index contributed by atoms with van der Waals surface area (Å²) in [7, 11) is 0.193. The summed E-state index contributed by atoms with van der Waals surface area (Å²) in [5.74, 6) is 0.627. The van der Waals surface area contributed by atoms with Crippen molar-refractivity contribution in [2.45, 2.75) is 24.9 Å². The minimum absolute atomic E-state index is 0.357. The van der Waals surface area contributed by atoms with Crippen molar-refractivity contribution in [3.63, 3.8) is 0 Å². The van der Waals surface area contributed by atoms with Gasteiger partial charge >= 0.3 is 0 Å². The normalized spacial score (nSPS) is 16.4. The maximum atomic E-state index is 13.2. The standard InChI is InChI=1S/C22H31N5O2S/c1-18-8-10-19(11-9-18)16-24-22(23-2)25-17-20-6-4-5-7-21(20)30(28,29)27-14-12-26(3)13-15-27/h4-11H,12-17H2,1-3H3,(H2,23,24,25). The second-order valence-corrected chi connectivity index (χ2v) is 9.49. The number of sulfonamides is 1. The molecule has 0 spiro atoms. The Morgan fingerprint density at radius 3 is 2.27 bits per heavy atom. The van der Waals surface area contributed by atoms with Crippen LogP contribution in [0.5, 0.6) is 0 Å². The van der Waals surface area contributed by atoms with Gasteiger partial charge in [-0.05, 0) is 31.2 Å². The molecule has 0 radical (unpaired) electrons. The Hall–Kier alpha value is -2.42. The van der Waals surface area contributed by atoms with Crippen LogP contribution in [0.1, 0.15) is 16.7 Å². The molecule has 0 bridgehead atoms.